The van der Waals surface area contributed by atoms with Crippen LogP contribution in [0.3, 0.4) is 0 Å². The summed E-state index contributed by atoms with van der Waals surface area (Å²) in [6.07, 6.45) is 18.8. The minimum atomic E-state index is -3.90. The number of carbonyl (C=O) groups is 1. The van der Waals surface area contributed by atoms with Crippen LogP contribution in [0.4, 0.5) is 0 Å². The number of ether oxygens (including phenoxy) is 1. The molecule has 0 heterocycles. The van der Waals surface area contributed by atoms with E-state index in [4.69, 9.17) is 13.8 Å². The lowest BCUT2D eigenvalue weighted by molar-refractivity contribution is -0.143. The van der Waals surface area contributed by atoms with Gasteiger partial charge in [0.15, 0.2) is 0 Å². The van der Waals surface area contributed by atoms with Gasteiger partial charge in [0.25, 0.3) is 20.2 Å². The van der Waals surface area contributed by atoms with Crippen molar-refractivity contribution < 1.29 is 35.5 Å². The van der Waals surface area contributed by atoms with E-state index in [1.54, 1.807) is 23.5 Å². The summed E-state index contributed by atoms with van der Waals surface area (Å²) in [6, 6.07) is 3.17. The minimum Gasteiger partial charge on any atom is -0.466 e. The maximum absolute atomic E-state index is 12.1. The van der Waals surface area contributed by atoms with Crippen LogP contribution in [0.2, 0.25) is 18.1 Å². The van der Waals surface area contributed by atoms with E-state index in [1.165, 1.54) is 70.6 Å². The Morgan fingerprint density at radius 3 is 1.45 bits per heavy atom. The average molecular weight is 692 g/mol. The molecule has 0 aliphatic heterocycles. The molecule has 0 aliphatic rings. The van der Waals surface area contributed by atoms with Gasteiger partial charge in [-0.25, -0.2) is 0 Å². The Balaban J connectivity index is 3.96. The van der Waals surface area contributed by atoms with Gasteiger partial charge < -0.3 is 4.74 Å². The van der Waals surface area contributed by atoms with Gasteiger partial charge in [0.05, 0.1) is 18.1 Å². The Morgan fingerprint density at radius 2 is 1.02 bits per heavy atom. The van der Waals surface area contributed by atoms with Crippen molar-refractivity contribution in [3.05, 3.63) is 0 Å². The maximum atomic E-state index is 12.1. The van der Waals surface area contributed by atoms with Crippen LogP contribution in [0.5, 0.6) is 0 Å². The number of unbranched alkanes of at least 4 members (excludes halogenated alkanes) is 12. The zero-order chi connectivity index (χ0) is 31.4. The Kier molecular flexibility index (Phi) is 28.8. The first-order valence-corrected chi connectivity index (χ1v) is 23.7. The number of thioether (sulfide) groups is 2. The van der Waals surface area contributed by atoms with Crippen molar-refractivity contribution in [3.8, 4) is 0 Å². The second-order valence-electron chi connectivity index (χ2n) is 11.1. The highest BCUT2D eigenvalue weighted by atomic mass is 32.2. The fraction of sp³-hybridized carbons (Fsp3) is 0.966. The van der Waals surface area contributed by atoms with E-state index in [0.717, 1.165) is 48.9 Å². The number of esters is 1. The van der Waals surface area contributed by atoms with E-state index in [0.29, 0.717) is 37.4 Å². The van der Waals surface area contributed by atoms with Crippen molar-refractivity contribution in [2.45, 2.75) is 134 Å². The van der Waals surface area contributed by atoms with Crippen LogP contribution in [0.25, 0.3) is 0 Å². The molecule has 2 N–H and O–H groups in total. The number of hydrogen-bond acceptors (Lipinski definition) is 8. The molecule has 0 fully saturated rings. The fourth-order valence-electron chi connectivity index (χ4n) is 4.57. The van der Waals surface area contributed by atoms with Crippen LogP contribution in [0.15, 0.2) is 0 Å². The van der Waals surface area contributed by atoms with Crippen LogP contribution in [-0.2, 0) is 29.8 Å². The summed E-state index contributed by atoms with van der Waals surface area (Å²) < 4.78 is 66.6. The summed E-state index contributed by atoms with van der Waals surface area (Å²) in [4.78, 5) is 12.1. The zero-order valence-electron chi connectivity index (χ0n) is 26.1. The molecule has 0 unspecified atom stereocenters. The minimum absolute atomic E-state index is 0.101. The second kappa shape index (κ2) is 28.7. The molecule has 0 amide bonds. The van der Waals surface area contributed by atoms with Gasteiger partial charge in [-0.15, -0.1) is 0 Å². The van der Waals surface area contributed by atoms with Crippen LogP contribution >= 0.6 is 23.5 Å². The summed E-state index contributed by atoms with van der Waals surface area (Å²) >= 11 is 3.40. The first-order valence-electron chi connectivity index (χ1n) is 16.1. The standard InChI is InChI=1S/C29H59O8S4Si/c1-2-3-4-5-6-7-8-9-10-11-12-13-14-18-29(30)37-19-15-26-42(27-22-38-20-16-24-40(31,32)33)28-23-39-21-17-25-41(34,35)36/h2-28H2,1H3,(H,31,32,33)(H,34,35,36). The van der Waals surface area contributed by atoms with Crippen molar-refractivity contribution in [2.75, 3.05) is 41.1 Å². The molecule has 0 aromatic carbocycles. The predicted molar refractivity (Wildman–Crippen MR) is 183 cm³/mol. The lowest BCUT2D eigenvalue weighted by Gasteiger charge is -2.15. The molecule has 0 atom stereocenters. The monoisotopic (exact) mass is 691 g/mol. The van der Waals surface area contributed by atoms with Crippen molar-refractivity contribution in [2.24, 2.45) is 0 Å². The first-order chi connectivity index (χ1) is 20.0. The molecule has 0 aromatic rings. The summed E-state index contributed by atoms with van der Waals surface area (Å²) in [5, 5.41) is 0. The lowest BCUT2D eigenvalue weighted by atomic mass is 10.0. The highest BCUT2D eigenvalue weighted by Crippen LogP contribution is 2.18. The van der Waals surface area contributed by atoms with Gasteiger partial charge in [-0.05, 0) is 60.8 Å². The Bertz CT molecular complexity index is 797. The third-order valence-electron chi connectivity index (χ3n) is 7.00. The third-order valence-corrected chi connectivity index (χ3v) is 14.5. The van der Waals surface area contributed by atoms with Gasteiger partial charge in [-0.1, -0.05) is 90.0 Å². The molecule has 42 heavy (non-hydrogen) atoms. The molecular weight excluding hydrogens is 633 g/mol. The van der Waals surface area contributed by atoms with Gasteiger partial charge >= 0.3 is 5.97 Å². The average Bonchev–Trinajstić information content (AvgIpc) is 2.91. The van der Waals surface area contributed by atoms with E-state index < -0.39 is 29.0 Å². The van der Waals surface area contributed by atoms with Crippen molar-refractivity contribution in [3.63, 3.8) is 0 Å². The van der Waals surface area contributed by atoms with Gasteiger partial charge in [0.1, 0.15) is 0 Å². The molecule has 0 rings (SSSR count). The molecule has 8 nitrogen and oxygen atoms in total. The largest absolute Gasteiger partial charge is 0.466 e. The fourth-order valence-corrected chi connectivity index (χ4v) is 11.9. The zero-order valence-corrected chi connectivity index (χ0v) is 30.3. The molecule has 13 heteroatoms. The van der Waals surface area contributed by atoms with Crippen LogP contribution in [0, 0.1) is 0 Å². The molecule has 0 saturated carbocycles. The molecule has 251 valence electrons. The topological polar surface area (TPSA) is 135 Å². The summed E-state index contributed by atoms with van der Waals surface area (Å²) in [5.74, 6) is 2.74. The van der Waals surface area contributed by atoms with Gasteiger partial charge in [0.2, 0.25) is 0 Å². The first kappa shape index (κ1) is 42.2. The third kappa shape index (κ3) is 34.7. The van der Waals surface area contributed by atoms with Crippen LogP contribution in [0.1, 0.15) is 116 Å². The molecule has 0 saturated heterocycles. The molecular formula is C29H59O8S4Si. The summed E-state index contributed by atoms with van der Waals surface area (Å²) in [5.41, 5.74) is 0. The van der Waals surface area contributed by atoms with E-state index in [-0.39, 0.29) is 17.5 Å². The quantitative estimate of drug-likeness (QED) is 0.0310. The molecule has 1 radical (unpaired) electrons. The van der Waals surface area contributed by atoms with Crippen molar-refractivity contribution in [1.29, 1.82) is 0 Å². The van der Waals surface area contributed by atoms with E-state index >= 15 is 0 Å². The number of carbonyl (C=O) groups excluding carboxylic acids is 1. The molecule has 0 bridgehead atoms. The SMILES string of the molecule is CCCCCCCCCCCCCCCC(=O)OCCC[Si](CCSCCCS(=O)(=O)O)CCSCCCS(=O)(=O)O. The van der Waals surface area contributed by atoms with Gasteiger partial charge in [-0.2, -0.15) is 40.4 Å². The molecule has 0 spiro atoms. The smallest absolute Gasteiger partial charge is 0.305 e. The number of rotatable bonds is 32. The van der Waals surface area contributed by atoms with Crippen LogP contribution < -0.4 is 0 Å². The van der Waals surface area contributed by atoms with Crippen molar-refractivity contribution in [1.82, 2.24) is 0 Å². The Hall–Kier alpha value is 0.207. The van der Waals surface area contributed by atoms with Crippen LogP contribution in [-0.4, -0.2) is 81.8 Å². The van der Waals surface area contributed by atoms with Gasteiger partial charge in [0, 0.05) is 15.2 Å². The van der Waals surface area contributed by atoms with E-state index in [1.807, 2.05) is 0 Å². The second-order valence-corrected chi connectivity index (χ2v) is 19.7. The summed E-state index contributed by atoms with van der Waals surface area (Å²) in [6.45, 7) is 2.71. The van der Waals surface area contributed by atoms with E-state index in [9.17, 15) is 21.6 Å². The molecule has 0 aliphatic carbocycles. The number of hydrogen-bond donors (Lipinski definition) is 2. The maximum Gasteiger partial charge on any atom is 0.305 e. The van der Waals surface area contributed by atoms with Gasteiger partial charge in [-0.3, -0.25) is 13.9 Å². The highest BCUT2D eigenvalue weighted by molar-refractivity contribution is 7.99. The highest BCUT2D eigenvalue weighted by Gasteiger charge is 2.13. The van der Waals surface area contributed by atoms with Crippen molar-refractivity contribution >= 4 is 58.5 Å². The predicted octanol–water partition coefficient (Wildman–Crippen LogP) is 7.92. The molecule has 0 aromatic heterocycles. The van der Waals surface area contributed by atoms with E-state index in [2.05, 4.69) is 6.92 Å². The summed E-state index contributed by atoms with van der Waals surface area (Å²) in [7, 11) is -8.48. The Morgan fingerprint density at radius 1 is 0.595 bits per heavy atom. The Labute approximate surface area is 268 Å². The lowest BCUT2D eigenvalue weighted by Crippen LogP contribution is -2.16. The normalized spacial score (nSPS) is 12.3.